The molecule has 0 aromatic heterocycles. The average molecular weight is 384 g/mol. The predicted molar refractivity (Wildman–Crippen MR) is 91.6 cm³/mol. The molecule has 1 heterocycles. The maximum Gasteiger partial charge on any atom is 0.416 e. The lowest BCUT2D eigenvalue weighted by Gasteiger charge is -2.18. The Morgan fingerprint density at radius 3 is 2.46 bits per heavy atom. The smallest absolute Gasteiger partial charge is 0.322 e. The van der Waals surface area contributed by atoms with Gasteiger partial charge < -0.3 is 5.32 Å². The number of nitrogens with one attached hydrogen (secondary N) is 1. The zero-order valence-electron chi connectivity index (χ0n) is 13.5. The van der Waals surface area contributed by atoms with Crippen LogP contribution < -0.4 is 9.62 Å². The van der Waals surface area contributed by atoms with Gasteiger partial charge in [-0.25, -0.2) is 8.42 Å². The highest BCUT2D eigenvalue weighted by Gasteiger charge is 2.31. The van der Waals surface area contributed by atoms with Gasteiger partial charge in [0.25, 0.3) is 5.91 Å². The van der Waals surface area contributed by atoms with Gasteiger partial charge in [0, 0.05) is 17.8 Å². The van der Waals surface area contributed by atoms with Gasteiger partial charge in [0.15, 0.2) is 0 Å². The number of hydrogen-bond acceptors (Lipinski definition) is 3. The number of carbonyl (C=O) groups is 1. The maximum atomic E-state index is 12.8. The van der Waals surface area contributed by atoms with Crippen LogP contribution in [0.1, 0.15) is 22.3 Å². The van der Waals surface area contributed by atoms with Gasteiger partial charge in [-0.05, 0) is 42.8 Å². The van der Waals surface area contributed by atoms with Crippen molar-refractivity contribution in [3.63, 3.8) is 0 Å². The largest absolute Gasteiger partial charge is 0.416 e. The molecule has 3 rings (SSSR count). The highest BCUT2D eigenvalue weighted by molar-refractivity contribution is 7.93. The van der Waals surface area contributed by atoms with Crippen molar-refractivity contribution in [2.24, 2.45) is 0 Å². The Kier molecular flexibility index (Phi) is 4.66. The molecule has 0 spiro atoms. The summed E-state index contributed by atoms with van der Waals surface area (Å²) in [6.07, 6.45) is -4.02. The monoisotopic (exact) mass is 384 g/mol. The van der Waals surface area contributed by atoms with Gasteiger partial charge in [-0.3, -0.25) is 9.10 Å². The van der Waals surface area contributed by atoms with Gasteiger partial charge in [0.05, 0.1) is 17.0 Å². The first kappa shape index (κ1) is 18.2. The highest BCUT2D eigenvalue weighted by Crippen LogP contribution is 2.30. The Hall–Kier alpha value is -2.55. The quantitative estimate of drug-likeness (QED) is 0.881. The van der Waals surface area contributed by atoms with Gasteiger partial charge in [-0.2, -0.15) is 13.2 Å². The van der Waals surface area contributed by atoms with Gasteiger partial charge in [0.2, 0.25) is 10.0 Å². The van der Waals surface area contributed by atoms with Crippen LogP contribution >= 0.6 is 0 Å². The van der Waals surface area contributed by atoms with Crippen molar-refractivity contribution in [1.29, 1.82) is 0 Å². The number of amides is 1. The summed E-state index contributed by atoms with van der Waals surface area (Å²) in [4.78, 5) is 12.2. The van der Waals surface area contributed by atoms with E-state index in [2.05, 4.69) is 5.32 Å². The summed E-state index contributed by atoms with van der Waals surface area (Å²) < 4.78 is 63.5. The fourth-order valence-electron chi connectivity index (χ4n) is 2.71. The van der Waals surface area contributed by atoms with Crippen molar-refractivity contribution in [3.8, 4) is 0 Å². The Labute approximate surface area is 148 Å². The molecular weight excluding hydrogens is 369 g/mol. The van der Waals surface area contributed by atoms with E-state index in [4.69, 9.17) is 0 Å². The van der Waals surface area contributed by atoms with E-state index in [1.165, 1.54) is 22.5 Å². The third-order valence-electron chi connectivity index (χ3n) is 3.94. The minimum atomic E-state index is -4.54. The van der Waals surface area contributed by atoms with Gasteiger partial charge >= 0.3 is 6.18 Å². The second-order valence-corrected chi connectivity index (χ2v) is 7.84. The SMILES string of the molecule is O=C(Nc1cccc(N2CCCS2(=O)=O)c1)c1cccc(C(F)(F)F)c1. The summed E-state index contributed by atoms with van der Waals surface area (Å²) in [5, 5.41) is 2.50. The first-order chi connectivity index (χ1) is 12.2. The van der Waals surface area contributed by atoms with Crippen LogP contribution in [0.2, 0.25) is 0 Å². The van der Waals surface area contributed by atoms with Crippen LogP contribution in [0.25, 0.3) is 0 Å². The van der Waals surface area contributed by atoms with Crippen LogP contribution in [-0.2, 0) is 16.2 Å². The first-order valence-corrected chi connectivity index (χ1v) is 9.37. The molecule has 26 heavy (non-hydrogen) atoms. The summed E-state index contributed by atoms with van der Waals surface area (Å²) in [6, 6.07) is 10.3. The molecule has 0 bridgehead atoms. The lowest BCUT2D eigenvalue weighted by Crippen LogP contribution is -2.25. The zero-order valence-corrected chi connectivity index (χ0v) is 14.3. The van der Waals surface area contributed by atoms with Gasteiger partial charge in [0.1, 0.15) is 0 Å². The molecule has 0 saturated carbocycles. The van der Waals surface area contributed by atoms with Crippen LogP contribution in [0.5, 0.6) is 0 Å². The van der Waals surface area contributed by atoms with Crippen molar-refractivity contribution in [2.45, 2.75) is 12.6 Å². The fourth-order valence-corrected chi connectivity index (χ4v) is 4.26. The lowest BCUT2D eigenvalue weighted by atomic mass is 10.1. The predicted octanol–water partition coefficient (Wildman–Crippen LogP) is 3.50. The standard InChI is InChI=1S/C17H15F3N2O3S/c18-17(19,20)13-5-1-4-12(10-13)16(23)21-14-6-2-7-15(11-14)22-8-3-9-26(22,24)25/h1-2,4-7,10-11H,3,8-9H2,(H,21,23). The molecule has 1 saturated heterocycles. The number of anilines is 2. The number of carbonyl (C=O) groups excluding carboxylic acids is 1. The van der Waals surface area contributed by atoms with E-state index in [-0.39, 0.29) is 11.3 Å². The molecule has 2 aromatic rings. The third-order valence-corrected chi connectivity index (χ3v) is 5.81. The number of hydrogen-bond donors (Lipinski definition) is 1. The van der Waals surface area contributed by atoms with Crippen molar-refractivity contribution < 1.29 is 26.4 Å². The van der Waals surface area contributed by atoms with E-state index in [9.17, 15) is 26.4 Å². The van der Waals surface area contributed by atoms with E-state index >= 15 is 0 Å². The number of halogens is 3. The fraction of sp³-hybridized carbons (Fsp3) is 0.235. The summed E-state index contributed by atoms with van der Waals surface area (Å²) in [5.74, 6) is -0.647. The molecule has 1 aliphatic heterocycles. The minimum Gasteiger partial charge on any atom is -0.322 e. The van der Waals surface area contributed by atoms with E-state index in [1.807, 2.05) is 0 Å². The number of nitrogens with zero attached hydrogens (tertiary/aromatic N) is 1. The van der Waals surface area contributed by atoms with E-state index in [1.54, 1.807) is 12.1 Å². The molecule has 0 radical (unpaired) electrons. The van der Waals surface area contributed by atoms with Crippen LogP contribution in [0.3, 0.4) is 0 Å². The second-order valence-electron chi connectivity index (χ2n) is 5.82. The average Bonchev–Trinajstić information content (AvgIpc) is 2.93. The Bertz CT molecular complexity index is 942. The zero-order chi connectivity index (χ0) is 18.9. The molecule has 2 aromatic carbocycles. The first-order valence-electron chi connectivity index (χ1n) is 7.76. The number of benzene rings is 2. The Morgan fingerprint density at radius 1 is 1.08 bits per heavy atom. The van der Waals surface area contributed by atoms with E-state index < -0.39 is 27.7 Å². The van der Waals surface area contributed by atoms with Crippen molar-refractivity contribution in [2.75, 3.05) is 21.9 Å². The molecule has 0 aliphatic carbocycles. The number of alkyl halides is 3. The van der Waals surface area contributed by atoms with E-state index in [0.717, 1.165) is 18.2 Å². The molecular formula is C17H15F3N2O3S. The molecule has 0 atom stereocenters. The van der Waals surface area contributed by atoms with Crippen LogP contribution in [0.15, 0.2) is 48.5 Å². The molecule has 0 unspecified atom stereocenters. The molecule has 1 aliphatic rings. The van der Waals surface area contributed by atoms with Gasteiger partial charge in [-0.15, -0.1) is 0 Å². The topological polar surface area (TPSA) is 66.5 Å². The molecule has 9 heteroatoms. The van der Waals surface area contributed by atoms with Crippen molar-refractivity contribution in [3.05, 3.63) is 59.7 Å². The van der Waals surface area contributed by atoms with E-state index in [0.29, 0.717) is 24.3 Å². The minimum absolute atomic E-state index is 0.0633. The highest BCUT2D eigenvalue weighted by atomic mass is 32.2. The van der Waals surface area contributed by atoms with Crippen LogP contribution in [0, 0.1) is 0 Å². The maximum absolute atomic E-state index is 12.8. The van der Waals surface area contributed by atoms with Crippen molar-refractivity contribution in [1.82, 2.24) is 0 Å². The summed E-state index contributed by atoms with van der Waals surface area (Å²) in [7, 11) is -3.36. The van der Waals surface area contributed by atoms with Crippen LogP contribution in [-0.4, -0.2) is 26.6 Å². The Balaban J connectivity index is 1.82. The van der Waals surface area contributed by atoms with Crippen LogP contribution in [0.4, 0.5) is 24.5 Å². The molecule has 1 fully saturated rings. The van der Waals surface area contributed by atoms with Crippen molar-refractivity contribution >= 4 is 27.3 Å². The summed E-state index contributed by atoms with van der Waals surface area (Å²) in [6.45, 7) is 0.355. The molecule has 138 valence electrons. The lowest BCUT2D eigenvalue weighted by molar-refractivity contribution is -0.137. The number of rotatable bonds is 3. The third kappa shape index (κ3) is 3.82. The van der Waals surface area contributed by atoms with Gasteiger partial charge in [-0.1, -0.05) is 12.1 Å². The Morgan fingerprint density at radius 2 is 1.81 bits per heavy atom. The molecule has 1 N–H and O–H groups in total. The molecule has 5 nitrogen and oxygen atoms in total. The summed E-state index contributed by atoms with van der Waals surface area (Å²) >= 11 is 0. The summed E-state index contributed by atoms with van der Waals surface area (Å²) in [5.41, 5.74) is -0.350. The number of sulfonamides is 1. The second kappa shape index (κ2) is 6.64. The molecule has 1 amide bonds. The normalized spacial score (nSPS) is 16.5.